The van der Waals surface area contributed by atoms with Gasteiger partial charge in [0.15, 0.2) is 0 Å². The zero-order valence-electron chi connectivity index (χ0n) is 12.5. The lowest BCUT2D eigenvalue weighted by Crippen LogP contribution is -2.35. The van der Waals surface area contributed by atoms with Crippen molar-refractivity contribution in [3.05, 3.63) is 29.8 Å². The van der Waals surface area contributed by atoms with E-state index in [4.69, 9.17) is 0 Å². The van der Waals surface area contributed by atoms with Crippen molar-refractivity contribution in [1.29, 1.82) is 0 Å². The Morgan fingerprint density at radius 2 is 2.14 bits per heavy atom. The molecule has 4 nitrogen and oxygen atoms in total. The number of likely N-dealkylation sites (tertiary alicyclic amines) is 1. The predicted molar refractivity (Wildman–Crippen MR) is 77.8 cm³/mol. The molecule has 1 saturated carbocycles. The average molecular weight is 310 g/mol. The van der Waals surface area contributed by atoms with Gasteiger partial charge in [-0.25, -0.2) is 0 Å². The molecule has 2 atom stereocenters. The number of hydrogen-bond acceptors (Lipinski definition) is 3. The first-order chi connectivity index (χ1) is 10.5. The average Bonchev–Trinajstić information content (AvgIpc) is 3.23. The highest BCUT2D eigenvalue weighted by Gasteiger charge is 2.39. The summed E-state index contributed by atoms with van der Waals surface area (Å²) in [6.07, 6.45) is 2.73. The number of ether oxygens (including phenoxy) is 1. The first-order valence-electron chi connectivity index (χ1n) is 7.63. The van der Waals surface area contributed by atoms with Crippen molar-refractivity contribution in [3.8, 4) is 5.75 Å². The molecule has 1 aromatic carbocycles. The van der Waals surface area contributed by atoms with Gasteiger partial charge in [-0.05, 0) is 37.5 Å². The number of nitrogens with zero attached hydrogens (tertiary/aromatic N) is 1. The van der Waals surface area contributed by atoms with Crippen LogP contribution in [0.25, 0.3) is 0 Å². The van der Waals surface area contributed by atoms with E-state index in [1.54, 1.807) is 12.1 Å². The van der Waals surface area contributed by atoms with Gasteiger partial charge in [0, 0.05) is 31.1 Å². The molecule has 2 fully saturated rings. The summed E-state index contributed by atoms with van der Waals surface area (Å²) in [4.78, 5) is 13.9. The zero-order chi connectivity index (χ0) is 15.7. The Balaban J connectivity index is 1.59. The lowest BCUT2D eigenvalue weighted by molar-refractivity contribution is -0.128. The fraction of sp³-hybridized carbons (Fsp3) is 0.562. The molecule has 22 heavy (non-hydrogen) atoms. The van der Waals surface area contributed by atoms with Crippen LogP contribution < -0.4 is 10.1 Å². The van der Waals surface area contributed by atoms with Crippen LogP contribution in [0.4, 0.5) is 8.78 Å². The monoisotopic (exact) mass is 310 g/mol. The summed E-state index contributed by atoms with van der Waals surface area (Å²) in [6, 6.07) is 7.21. The minimum absolute atomic E-state index is 0.0295. The first kappa shape index (κ1) is 15.2. The molecule has 1 saturated heterocycles. The summed E-state index contributed by atoms with van der Waals surface area (Å²) in [5.41, 5.74) is 0.871. The van der Waals surface area contributed by atoms with Gasteiger partial charge >= 0.3 is 6.61 Å². The van der Waals surface area contributed by atoms with E-state index in [1.165, 1.54) is 6.07 Å². The molecule has 120 valence electrons. The fourth-order valence-corrected chi connectivity index (χ4v) is 2.99. The van der Waals surface area contributed by atoms with E-state index in [0.29, 0.717) is 12.5 Å². The molecular formula is C16H20F2N2O2. The molecule has 1 N–H and O–H groups in total. The third-order valence-corrected chi connectivity index (χ3v) is 4.22. The van der Waals surface area contributed by atoms with Crippen molar-refractivity contribution in [1.82, 2.24) is 10.2 Å². The van der Waals surface area contributed by atoms with Crippen LogP contribution in [0, 0.1) is 0 Å². The molecule has 1 aromatic rings. The molecule has 1 amide bonds. The molecule has 1 aliphatic carbocycles. The maximum atomic E-state index is 12.3. The van der Waals surface area contributed by atoms with Crippen molar-refractivity contribution in [2.75, 3.05) is 6.54 Å². The molecular weight excluding hydrogens is 290 g/mol. The summed E-state index contributed by atoms with van der Waals surface area (Å²) < 4.78 is 29.0. The van der Waals surface area contributed by atoms with Crippen LogP contribution in [-0.2, 0) is 4.79 Å². The Hall–Kier alpha value is -1.69. The molecule has 3 rings (SSSR count). The van der Waals surface area contributed by atoms with Crippen molar-refractivity contribution in [3.63, 3.8) is 0 Å². The largest absolute Gasteiger partial charge is 0.435 e. The van der Waals surface area contributed by atoms with Crippen LogP contribution in [0.2, 0.25) is 0 Å². The number of halogens is 2. The lowest BCUT2D eigenvalue weighted by Gasteiger charge is -2.21. The molecule has 0 spiro atoms. The van der Waals surface area contributed by atoms with E-state index in [9.17, 15) is 13.6 Å². The van der Waals surface area contributed by atoms with Crippen LogP contribution in [0.5, 0.6) is 5.75 Å². The Morgan fingerprint density at radius 3 is 2.82 bits per heavy atom. The highest BCUT2D eigenvalue weighted by molar-refractivity contribution is 5.80. The Morgan fingerprint density at radius 1 is 1.36 bits per heavy atom. The van der Waals surface area contributed by atoms with Gasteiger partial charge < -0.3 is 15.0 Å². The maximum absolute atomic E-state index is 12.3. The SMILES string of the molecule is C[C@@H](N[C@@H]1CC(=O)N(C2CC2)C1)c1cccc(OC(F)F)c1. The molecule has 6 heteroatoms. The van der Waals surface area contributed by atoms with Crippen molar-refractivity contribution < 1.29 is 18.3 Å². The zero-order valence-corrected chi connectivity index (χ0v) is 12.5. The standard InChI is InChI=1S/C16H20F2N2O2/c1-10(11-3-2-4-14(7-11)22-16(17)18)19-12-8-15(21)20(9-12)13-5-6-13/h2-4,7,10,12-13,16,19H,5-6,8-9H2,1H3/t10-,12-/m1/s1. The second kappa shape index (κ2) is 6.20. The molecule has 2 aliphatic rings. The van der Waals surface area contributed by atoms with Crippen LogP contribution in [-0.4, -0.2) is 36.0 Å². The highest BCUT2D eigenvalue weighted by atomic mass is 19.3. The Kier molecular flexibility index (Phi) is 4.29. The van der Waals surface area contributed by atoms with Gasteiger partial charge in [0.25, 0.3) is 0 Å². The molecule has 0 radical (unpaired) electrons. The van der Waals surface area contributed by atoms with Crippen LogP contribution >= 0.6 is 0 Å². The number of hydrogen-bond donors (Lipinski definition) is 1. The third-order valence-electron chi connectivity index (χ3n) is 4.22. The fourth-order valence-electron chi connectivity index (χ4n) is 2.99. The van der Waals surface area contributed by atoms with E-state index >= 15 is 0 Å². The van der Waals surface area contributed by atoms with Crippen molar-refractivity contribution in [2.24, 2.45) is 0 Å². The van der Waals surface area contributed by atoms with Gasteiger partial charge in [-0.3, -0.25) is 4.79 Å². The Bertz CT molecular complexity index is 549. The number of nitrogens with one attached hydrogen (secondary N) is 1. The second-order valence-corrected chi connectivity index (χ2v) is 6.02. The lowest BCUT2D eigenvalue weighted by atomic mass is 10.1. The van der Waals surface area contributed by atoms with E-state index in [0.717, 1.165) is 24.9 Å². The van der Waals surface area contributed by atoms with E-state index in [-0.39, 0.29) is 23.7 Å². The van der Waals surface area contributed by atoms with Gasteiger partial charge in [-0.1, -0.05) is 12.1 Å². The predicted octanol–water partition coefficient (Wildman–Crippen LogP) is 2.70. The van der Waals surface area contributed by atoms with Gasteiger partial charge in [-0.15, -0.1) is 0 Å². The van der Waals surface area contributed by atoms with Crippen LogP contribution in [0.15, 0.2) is 24.3 Å². The number of carbonyl (C=O) groups excluding carboxylic acids is 1. The second-order valence-electron chi connectivity index (χ2n) is 6.02. The van der Waals surface area contributed by atoms with E-state index in [1.807, 2.05) is 17.9 Å². The molecule has 1 heterocycles. The summed E-state index contributed by atoms with van der Waals surface area (Å²) in [7, 11) is 0. The minimum Gasteiger partial charge on any atom is -0.435 e. The highest BCUT2D eigenvalue weighted by Crippen LogP contribution is 2.31. The number of alkyl halides is 2. The van der Waals surface area contributed by atoms with Gasteiger partial charge in [0.05, 0.1) is 0 Å². The third kappa shape index (κ3) is 3.55. The summed E-state index contributed by atoms with van der Waals surface area (Å²) in [6.45, 7) is -0.120. The smallest absolute Gasteiger partial charge is 0.387 e. The van der Waals surface area contributed by atoms with Gasteiger partial charge in [-0.2, -0.15) is 8.78 Å². The van der Waals surface area contributed by atoms with Gasteiger partial charge in [0.2, 0.25) is 5.91 Å². The molecule has 0 unspecified atom stereocenters. The molecule has 0 bridgehead atoms. The maximum Gasteiger partial charge on any atom is 0.387 e. The van der Waals surface area contributed by atoms with Gasteiger partial charge in [0.1, 0.15) is 5.75 Å². The van der Waals surface area contributed by atoms with E-state index < -0.39 is 6.61 Å². The van der Waals surface area contributed by atoms with Crippen LogP contribution in [0.1, 0.15) is 37.8 Å². The number of carbonyl (C=O) groups is 1. The summed E-state index contributed by atoms with van der Waals surface area (Å²) in [5.74, 6) is 0.366. The number of amides is 1. The summed E-state index contributed by atoms with van der Waals surface area (Å²) in [5, 5.41) is 3.41. The van der Waals surface area contributed by atoms with Crippen LogP contribution in [0.3, 0.4) is 0 Å². The number of rotatable bonds is 6. The normalized spacial score (nSPS) is 23.2. The molecule has 1 aliphatic heterocycles. The van der Waals surface area contributed by atoms with Crippen molar-refractivity contribution >= 4 is 5.91 Å². The first-order valence-corrected chi connectivity index (χ1v) is 7.63. The van der Waals surface area contributed by atoms with E-state index in [2.05, 4.69) is 10.1 Å². The number of benzene rings is 1. The minimum atomic E-state index is -2.82. The summed E-state index contributed by atoms with van der Waals surface area (Å²) >= 11 is 0. The quantitative estimate of drug-likeness (QED) is 0.878. The molecule has 0 aromatic heterocycles. The Labute approximate surface area is 128 Å². The van der Waals surface area contributed by atoms with Crippen molar-refractivity contribution in [2.45, 2.75) is 50.9 Å². The topological polar surface area (TPSA) is 41.6 Å².